The summed E-state index contributed by atoms with van der Waals surface area (Å²) in [5.74, 6) is 0.704. The fraction of sp³-hybridized carbons (Fsp3) is 0.364. The molecular formula is C11H16N6O. The van der Waals surface area contributed by atoms with Crippen LogP contribution in [-0.4, -0.2) is 31.8 Å². The minimum atomic E-state index is -0.221. The van der Waals surface area contributed by atoms with Gasteiger partial charge in [-0.15, -0.1) is 0 Å². The number of nitrogens with two attached hydrogens (primary N) is 1. The summed E-state index contributed by atoms with van der Waals surface area (Å²) in [6, 6.07) is 0. The monoisotopic (exact) mass is 248 g/mol. The van der Waals surface area contributed by atoms with Crippen molar-refractivity contribution in [2.24, 2.45) is 14.1 Å². The van der Waals surface area contributed by atoms with Crippen molar-refractivity contribution >= 4 is 11.6 Å². The van der Waals surface area contributed by atoms with Crippen LogP contribution >= 0.6 is 0 Å². The lowest BCUT2D eigenvalue weighted by Crippen LogP contribution is -2.28. The van der Waals surface area contributed by atoms with Gasteiger partial charge in [-0.05, 0) is 0 Å². The predicted octanol–water partition coefficient (Wildman–Crippen LogP) is -0.292. The minimum absolute atomic E-state index is 0.221. The molecule has 0 atom stereocenters. The van der Waals surface area contributed by atoms with Gasteiger partial charge in [0.1, 0.15) is 11.5 Å². The van der Waals surface area contributed by atoms with E-state index >= 15 is 0 Å². The number of nitrogens with one attached hydrogen (secondary N) is 1. The Kier molecular flexibility index (Phi) is 3.31. The van der Waals surface area contributed by atoms with Gasteiger partial charge in [-0.3, -0.25) is 9.48 Å². The molecule has 2 aromatic rings. The Morgan fingerprint density at radius 2 is 2.28 bits per heavy atom. The molecule has 1 amide bonds. The van der Waals surface area contributed by atoms with Crippen molar-refractivity contribution in [3.8, 4) is 0 Å². The van der Waals surface area contributed by atoms with Gasteiger partial charge in [0.15, 0.2) is 0 Å². The molecule has 0 saturated carbocycles. The average molecular weight is 248 g/mol. The molecule has 0 spiro atoms. The Morgan fingerprint density at radius 1 is 1.50 bits per heavy atom. The first kappa shape index (κ1) is 12.2. The van der Waals surface area contributed by atoms with Gasteiger partial charge in [0.2, 0.25) is 0 Å². The quantitative estimate of drug-likeness (QED) is 0.777. The third kappa shape index (κ3) is 2.34. The van der Waals surface area contributed by atoms with E-state index < -0.39 is 0 Å². The van der Waals surface area contributed by atoms with Gasteiger partial charge in [-0.1, -0.05) is 0 Å². The zero-order valence-electron chi connectivity index (χ0n) is 10.4. The number of rotatable bonds is 4. The van der Waals surface area contributed by atoms with Crippen LogP contribution < -0.4 is 11.1 Å². The van der Waals surface area contributed by atoms with Crippen LogP contribution in [0.2, 0.25) is 0 Å². The second kappa shape index (κ2) is 4.91. The number of aromatic nitrogens is 4. The average Bonchev–Trinajstić information content (AvgIpc) is 2.86. The van der Waals surface area contributed by atoms with Crippen LogP contribution in [0.3, 0.4) is 0 Å². The lowest BCUT2D eigenvalue weighted by molar-refractivity contribution is 0.0945. The molecule has 2 aromatic heterocycles. The number of hydrogen-bond acceptors (Lipinski definition) is 4. The van der Waals surface area contributed by atoms with Gasteiger partial charge in [-0.25, -0.2) is 4.98 Å². The van der Waals surface area contributed by atoms with Crippen LogP contribution in [0.1, 0.15) is 16.3 Å². The van der Waals surface area contributed by atoms with Crippen LogP contribution in [0, 0.1) is 0 Å². The summed E-state index contributed by atoms with van der Waals surface area (Å²) in [6.45, 7) is 0.508. The molecule has 0 aromatic carbocycles. The van der Waals surface area contributed by atoms with E-state index in [-0.39, 0.29) is 5.91 Å². The van der Waals surface area contributed by atoms with Crippen LogP contribution in [0.4, 0.5) is 5.69 Å². The highest BCUT2D eigenvalue weighted by Gasteiger charge is 2.14. The van der Waals surface area contributed by atoms with E-state index in [4.69, 9.17) is 5.73 Å². The van der Waals surface area contributed by atoms with Gasteiger partial charge in [-0.2, -0.15) is 5.10 Å². The van der Waals surface area contributed by atoms with E-state index in [9.17, 15) is 4.79 Å². The maximum absolute atomic E-state index is 11.9. The highest BCUT2D eigenvalue weighted by Crippen LogP contribution is 2.08. The van der Waals surface area contributed by atoms with E-state index in [1.807, 2.05) is 17.8 Å². The number of carbonyl (C=O) groups is 1. The number of nitrogens with zero attached hydrogens (tertiary/aromatic N) is 4. The summed E-state index contributed by atoms with van der Waals surface area (Å²) in [5.41, 5.74) is 6.44. The Morgan fingerprint density at radius 3 is 2.83 bits per heavy atom. The molecule has 0 unspecified atom stereocenters. The molecule has 0 bridgehead atoms. The first-order valence-electron chi connectivity index (χ1n) is 5.61. The largest absolute Gasteiger partial charge is 0.396 e. The Hall–Kier alpha value is -2.31. The smallest absolute Gasteiger partial charge is 0.271 e. The molecule has 2 rings (SSSR count). The lowest BCUT2D eigenvalue weighted by atomic mass is 10.3. The second-order valence-corrected chi connectivity index (χ2v) is 4.03. The number of aryl methyl sites for hydroxylation is 2. The number of anilines is 1. The zero-order valence-corrected chi connectivity index (χ0v) is 10.4. The summed E-state index contributed by atoms with van der Waals surface area (Å²) < 4.78 is 3.38. The summed E-state index contributed by atoms with van der Waals surface area (Å²) >= 11 is 0. The zero-order chi connectivity index (χ0) is 13.1. The highest BCUT2D eigenvalue weighted by atomic mass is 16.2. The molecule has 0 radical (unpaired) electrons. The minimum Gasteiger partial charge on any atom is -0.396 e. The van der Waals surface area contributed by atoms with E-state index in [2.05, 4.69) is 15.4 Å². The van der Waals surface area contributed by atoms with Gasteiger partial charge < -0.3 is 15.6 Å². The van der Waals surface area contributed by atoms with Crippen molar-refractivity contribution in [3.05, 3.63) is 30.1 Å². The number of hydrogen-bond donors (Lipinski definition) is 2. The number of carbonyl (C=O) groups excluding carboxylic acids is 1. The first-order chi connectivity index (χ1) is 8.59. The van der Waals surface area contributed by atoms with Crippen molar-refractivity contribution < 1.29 is 4.79 Å². The summed E-state index contributed by atoms with van der Waals surface area (Å²) in [6.07, 6.45) is 5.74. The summed E-state index contributed by atoms with van der Waals surface area (Å²) in [7, 11) is 3.60. The lowest BCUT2D eigenvalue weighted by Gasteiger charge is -2.06. The molecule has 0 aliphatic rings. The highest BCUT2D eigenvalue weighted by molar-refractivity contribution is 5.97. The maximum atomic E-state index is 11.9. The van der Waals surface area contributed by atoms with Crippen LogP contribution in [0.25, 0.3) is 0 Å². The molecule has 18 heavy (non-hydrogen) atoms. The predicted molar refractivity (Wildman–Crippen MR) is 66.9 cm³/mol. The van der Waals surface area contributed by atoms with Crippen LogP contribution in [0.15, 0.2) is 18.6 Å². The Labute approximate surface area is 105 Å². The van der Waals surface area contributed by atoms with Crippen LogP contribution in [-0.2, 0) is 20.5 Å². The van der Waals surface area contributed by atoms with Gasteiger partial charge in [0.25, 0.3) is 5.91 Å². The van der Waals surface area contributed by atoms with Gasteiger partial charge in [0, 0.05) is 39.5 Å². The molecule has 0 aliphatic carbocycles. The van der Waals surface area contributed by atoms with E-state index in [0.717, 1.165) is 5.82 Å². The van der Waals surface area contributed by atoms with Crippen molar-refractivity contribution in [1.29, 1.82) is 0 Å². The standard InChI is InChI=1S/C11H16N6O/c1-16-6-5-13-9(16)3-4-14-11(18)10-8(12)7-15-17(10)2/h5-7H,3-4,12H2,1-2H3,(H,14,18). The van der Waals surface area contributed by atoms with E-state index in [1.54, 1.807) is 13.2 Å². The number of nitrogen functional groups attached to an aromatic ring is 1. The molecular weight excluding hydrogens is 232 g/mol. The number of amides is 1. The summed E-state index contributed by atoms with van der Waals surface area (Å²) in [4.78, 5) is 16.1. The number of imidazole rings is 1. The molecule has 96 valence electrons. The molecule has 7 heteroatoms. The maximum Gasteiger partial charge on any atom is 0.271 e. The Bertz CT molecular complexity index is 536. The van der Waals surface area contributed by atoms with Gasteiger partial charge >= 0.3 is 0 Å². The van der Waals surface area contributed by atoms with E-state index in [0.29, 0.717) is 24.3 Å². The normalized spacial score (nSPS) is 10.6. The fourth-order valence-electron chi connectivity index (χ4n) is 1.74. The van der Waals surface area contributed by atoms with Gasteiger partial charge in [0.05, 0.1) is 11.9 Å². The molecule has 2 heterocycles. The van der Waals surface area contributed by atoms with Crippen molar-refractivity contribution in [2.45, 2.75) is 6.42 Å². The molecule has 0 fully saturated rings. The topological polar surface area (TPSA) is 90.8 Å². The second-order valence-electron chi connectivity index (χ2n) is 4.03. The fourth-order valence-corrected chi connectivity index (χ4v) is 1.74. The van der Waals surface area contributed by atoms with Crippen molar-refractivity contribution in [1.82, 2.24) is 24.6 Å². The van der Waals surface area contributed by atoms with Crippen molar-refractivity contribution in [2.75, 3.05) is 12.3 Å². The van der Waals surface area contributed by atoms with Crippen LogP contribution in [0.5, 0.6) is 0 Å². The molecule has 3 N–H and O–H groups in total. The third-order valence-electron chi connectivity index (χ3n) is 2.74. The molecule has 0 saturated heterocycles. The first-order valence-corrected chi connectivity index (χ1v) is 5.61. The third-order valence-corrected chi connectivity index (χ3v) is 2.74. The molecule has 0 aliphatic heterocycles. The summed E-state index contributed by atoms with van der Waals surface area (Å²) in [5, 5.41) is 6.72. The Balaban J connectivity index is 1.92. The van der Waals surface area contributed by atoms with Crippen molar-refractivity contribution in [3.63, 3.8) is 0 Å². The van der Waals surface area contributed by atoms with E-state index in [1.165, 1.54) is 10.9 Å². The molecule has 7 nitrogen and oxygen atoms in total. The SMILES string of the molecule is Cn1ccnc1CCNC(=O)c1c(N)cnn1C.